The predicted molar refractivity (Wildman–Crippen MR) is 86.1 cm³/mol. The van der Waals surface area contributed by atoms with E-state index in [1.807, 2.05) is 0 Å². The van der Waals surface area contributed by atoms with Crippen molar-refractivity contribution >= 4 is 15.2 Å². The molecule has 0 aliphatic heterocycles. The van der Waals surface area contributed by atoms with E-state index in [1.165, 1.54) is 19.0 Å². The maximum atomic E-state index is 11.3. The quantitative estimate of drug-likeness (QED) is 0.278. The largest absolute Gasteiger partial charge is 0.371 e. The molecule has 0 radical (unpaired) electrons. The Bertz CT molecular complexity index is 588. The second-order valence-corrected chi connectivity index (χ2v) is 9.80. The average Bonchev–Trinajstić information content (AvgIpc) is 2.87. The maximum absolute atomic E-state index is 11.3. The van der Waals surface area contributed by atoms with Gasteiger partial charge in [-0.2, -0.15) is 0 Å². The van der Waals surface area contributed by atoms with Crippen LogP contribution in [0.5, 0.6) is 0 Å². The number of unbranched alkanes of at least 4 members (excludes halogenated alkanes) is 5. The fraction of sp³-hybridized carbons (Fsp3) is 0.833. The van der Waals surface area contributed by atoms with E-state index in [0.29, 0.717) is 12.1 Å². The van der Waals surface area contributed by atoms with Gasteiger partial charge in [-0.1, -0.05) is 44.2 Å². The third kappa shape index (κ3) is 5.74. The highest BCUT2D eigenvalue weighted by molar-refractivity contribution is 7.72. The monoisotopic (exact) mass is 385 g/mol. The molecular formula is C12H25N3O7P2. The minimum Gasteiger partial charge on any atom is -0.366 e. The molecule has 0 saturated carbocycles. The van der Waals surface area contributed by atoms with Crippen molar-refractivity contribution < 1.29 is 33.8 Å². The van der Waals surface area contributed by atoms with Gasteiger partial charge < -0.3 is 24.7 Å². The van der Waals surface area contributed by atoms with Gasteiger partial charge in [0.1, 0.15) is 0 Å². The Balaban J connectivity index is 2.65. The Labute approximate surface area is 140 Å². The van der Waals surface area contributed by atoms with Gasteiger partial charge in [0, 0.05) is 6.20 Å². The second-order valence-electron chi connectivity index (χ2n) is 5.79. The van der Waals surface area contributed by atoms with Crippen LogP contribution in [0, 0.1) is 0 Å². The molecule has 0 fully saturated rings. The van der Waals surface area contributed by atoms with Gasteiger partial charge in [0.25, 0.3) is 5.08 Å². The van der Waals surface area contributed by atoms with Gasteiger partial charge in [-0.25, -0.2) is 4.68 Å². The summed E-state index contributed by atoms with van der Waals surface area (Å²) in [6.45, 7) is 1.08. The topological polar surface area (TPSA) is 166 Å². The average molecular weight is 385 g/mol. The summed E-state index contributed by atoms with van der Waals surface area (Å²) >= 11 is 0. The minimum absolute atomic E-state index is 0.532. The molecule has 10 nitrogen and oxygen atoms in total. The smallest absolute Gasteiger partial charge is 0.366 e. The third-order valence-electron chi connectivity index (χ3n) is 3.68. The summed E-state index contributed by atoms with van der Waals surface area (Å²) < 4.78 is 23.4. The maximum Gasteiger partial charge on any atom is 0.371 e. The molecule has 0 spiro atoms. The number of rotatable bonds is 11. The number of aliphatic hydroxyl groups is 1. The highest BCUT2D eigenvalue weighted by Crippen LogP contribution is 2.67. The van der Waals surface area contributed by atoms with E-state index in [0.717, 1.165) is 30.4 Å². The first-order chi connectivity index (χ1) is 11.0. The normalized spacial score (nSPS) is 13.4. The zero-order chi connectivity index (χ0) is 18.4. The van der Waals surface area contributed by atoms with E-state index in [1.54, 1.807) is 0 Å². The van der Waals surface area contributed by atoms with Crippen molar-refractivity contribution in [3.63, 3.8) is 0 Å². The summed E-state index contributed by atoms with van der Waals surface area (Å²) in [5.74, 6) is 0. The summed E-state index contributed by atoms with van der Waals surface area (Å²) in [5.41, 5.74) is 0.532. The van der Waals surface area contributed by atoms with Crippen LogP contribution in [0.25, 0.3) is 0 Å². The Morgan fingerprint density at radius 2 is 1.58 bits per heavy atom. The van der Waals surface area contributed by atoms with Gasteiger partial charge in [-0.05, 0) is 12.8 Å². The molecule has 140 valence electrons. The third-order valence-corrected chi connectivity index (χ3v) is 7.39. The molecular weight excluding hydrogens is 360 g/mol. The Kier molecular flexibility index (Phi) is 7.75. The molecule has 5 N–H and O–H groups in total. The van der Waals surface area contributed by atoms with E-state index in [2.05, 4.69) is 17.2 Å². The standard InChI is InChI=1S/C12H25N3O7P2/c1-2-3-4-5-6-7-8-11-9-15(14-13-11)10-12(16,23(17,18)19)24(20,21)22/h9,16H,2-8,10H2,1H3,(H2,17,18,19)(H2,20,21,22). The van der Waals surface area contributed by atoms with E-state index in [4.69, 9.17) is 19.6 Å². The van der Waals surface area contributed by atoms with Crippen molar-refractivity contribution in [2.75, 3.05) is 0 Å². The van der Waals surface area contributed by atoms with E-state index < -0.39 is 26.8 Å². The van der Waals surface area contributed by atoms with Crippen molar-refractivity contribution in [1.29, 1.82) is 0 Å². The molecule has 0 aliphatic rings. The van der Waals surface area contributed by atoms with Crippen LogP contribution in [0.4, 0.5) is 0 Å². The van der Waals surface area contributed by atoms with E-state index in [9.17, 15) is 14.2 Å². The van der Waals surface area contributed by atoms with Crippen LogP contribution in [0.2, 0.25) is 0 Å². The molecule has 0 unspecified atom stereocenters. The Morgan fingerprint density at radius 3 is 2.12 bits per heavy atom. The zero-order valence-corrected chi connectivity index (χ0v) is 15.3. The fourth-order valence-electron chi connectivity index (χ4n) is 2.19. The van der Waals surface area contributed by atoms with Crippen LogP contribution < -0.4 is 0 Å². The number of nitrogens with zero attached hydrogens (tertiary/aromatic N) is 3. The SMILES string of the molecule is CCCCCCCCc1cn(CC(O)(P(=O)(O)O)P(=O)(O)O)nn1. The van der Waals surface area contributed by atoms with Gasteiger partial charge in [-0.15, -0.1) is 5.10 Å². The van der Waals surface area contributed by atoms with Crippen molar-refractivity contribution in [2.45, 2.75) is 63.5 Å². The van der Waals surface area contributed by atoms with Crippen LogP contribution in [0.3, 0.4) is 0 Å². The molecule has 0 atom stereocenters. The minimum atomic E-state index is -5.50. The number of aromatic nitrogens is 3. The number of hydrogen-bond donors (Lipinski definition) is 5. The summed E-state index contributed by atoms with van der Waals surface area (Å²) in [7, 11) is -11.0. The zero-order valence-electron chi connectivity index (χ0n) is 13.5. The number of hydrogen-bond acceptors (Lipinski definition) is 5. The molecule has 0 aliphatic carbocycles. The van der Waals surface area contributed by atoms with Crippen LogP contribution in [-0.4, -0.2) is 44.8 Å². The lowest BCUT2D eigenvalue weighted by atomic mass is 10.1. The van der Waals surface area contributed by atoms with Gasteiger partial charge >= 0.3 is 15.2 Å². The molecule has 1 heterocycles. The molecule has 0 aromatic carbocycles. The van der Waals surface area contributed by atoms with Crippen molar-refractivity contribution in [2.24, 2.45) is 0 Å². The van der Waals surface area contributed by atoms with Crippen molar-refractivity contribution in [1.82, 2.24) is 15.0 Å². The van der Waals surface area contributed by atoms with Crippen molar-refractivity contribution in [3.05, 3.63) is 11.9 Å². The summed E-state index contributed by atoms with van der Waals surface area (Å²) in [6, 6.07) is 0. The molecule has 0 saturated heterocycles. The second kappa shape index (κ2) is 8.67. The lowest BCUT2D eigenvalue weighted by Crippen LogP contribution is -2.34. The first-order valence-electron chi connectivity index (χ1n) is 7.74. The highest BCUT2D eigenvalue weighted by atomic mass is 31.2. The fourth-order valence-corrected chi connectivity index (χ4v) is 4.20. The molecule has 1 aromatic rings. The Hall–Kier alpha value is -0.600. The molecule has 12 heteroatoms. The van der Waals surface area contributed by atoms with Gasteiger partial charge in [-0.3, -0.25) is 9.13 Å². The molecule has 0 bridgehead atoms. The van der Waals surface area contributed by atoms with Gasteiger partial charge in [0.15, 0.2) is 0 Å². The summed E-state index contributed by atoms with van der Waals surface area (Å²) in [4.78, 5) is 36.4. The van der Waals surface area contributed by atoms with Crippen LogP contribution >= 0.6 is 15.2 Å². The highest BCUT2D eigenvalue weighted by Gasteiger charge is 2.60. The molecule has 1 rings (SSSR count). The molecule has 24 heavy (non-hydrogen) atoms. The van der Waals surface area contributed by atoms with E-state index >= 15 is 0 Å². The lowest BCUT2D eigenvalue weighted by Gasteiger charge is -2.28. The van der Waals surface area contributed by atoms with E-state index in [-0.39, 0.29) is 0 Å². The van der Waals surface area contributed by atoms with Crippen LogP contribution in [-0.2, 0) is 22.1 Å². The molecule has 0 amide bonds. The summed E-state index contributed by atoms with van der Waals surface area (Å²) in [6.07, 6.45) is 8.43. The van der Waals surface area contributed by atoms with Crippen LogP contribution in [0.15, 0.2) is 6.20 Å². The van der Waals surface area contributed by atoms with Crippen LogP contribution in [0.1, 0.15) is 51.1 Å². The summed E-state index contributed by atoms with van der Waals surface area (Å²) in [5, 5.41) is 13.7. The molecule has 1 aromatic heterocycles. The Morgan fingerprint density at radius 1 is 1.04 bits per heavy atom. The lowest BCUT2D eigenvalue weighted by molar-refractivity contribution is 0.111. The first kappa shape index (κ1) is 21.4. The first-order valence-corrected chi connectivity index (χ1v) is 11.0. The van der Waals surface area contributed by atoms with Crippen molar-refractivity contribution in [3.8, 4) is 0 Å². The predicted octanol–water partition coefficient (Wildman–Crippen LogP) is 1.18. The van der Waals surface area contributed by atoms with Gasteiger partial charge in [0.05, 0.1) is 12.2 Å². The van der Waals surface area contributed by atoms with Gasteiger partial charge in [0.2, 0.25) is 0 Å². The number of aryl methyl sites for hydroxylation is 1.